The van der Waals surface area contributed by atoms with Crippen LogP contribution in [0.25, 0.3) is 10.6 Å². The monoisotopic (exact) mass is 388 g/mol. The lowest BCUT2D eigenvalue weighted by Gasteiger charge is -2.05. The third-order valence-electron chi connectivity index (χ3n) is 3.53. The van der Waals surface area contributed by atoms with Crippen molar-refractivity contribution in [3.63, 3.8) is 0 Å². The van der Waals surface area contributed by atoms with Crippen LogP contribution in [0.5, 0.6) is 0 Å². The average Bonchev–Trinajstić information content (AvgIpc) is 2.98. The van der Waals surface area contributed by atoms with E-state index in [9.17, 15) is 9.18 Å². The molecule has 0 saturated carbocycles. The molecule has 0 aliphatic rings. The summed E-state index contributed by atoms with van der Waals surface area (Å²) in [5, 5.41) is 12.9. The molecule has 3 rings (SSSR count). The van der Waals surface area contributed by atoms with Crippen molar-refractivity contribution in [2.75, 3.05) is 5.75 Å². The second-order valence-electron chi connectivity index (χ2n) is 5.60. The number of carbonyl (C=O) groups is 1. The second kappa shape index (κ2) is 8.37. The van der Waals surface area contributed by atoms with Gasteiger partial charge in [0.15, 0.2) is 0 Å². The van der Waals surface area contributed by atoms with E-state index >= 15 is 0 Å². The van der Waals surface area contributed by atoms with Crippen molar-refractivity contribution >= 4 is 29.0 Å². The molecule has 1 aromatic carbocycles. The Kier molecular flexibility index (Phi) is 5.95. The molecule has 0 aliphatic heterocycles. The van der Waals surface area contributed by atoms with Gasteiger partial charge in [0.2, 0.25) is 5.91 Å². The summed E-state index contributed by atoms with van der Waals surface area (Å²) in [6.45, 7) is 4.28. The highest BCUT2D eigenvalue weighted by molar-refractivity contribution is 7.99. The molecule has 0 spiro atoms. The molecule has 2 aromatic heterocycles. The van der Waals surface area contributed by atoms with Gasteiger partial charge in [0, 0.05) is 6.54 Å². The molecular weight excluding hydrogens is 371 g/mol. The summed E-state index contributed by atoms with van der Waals surface area (Å²) in [5.74, 6) is -0.158. The molecule has 1 N–H and O–H groups in total. The highest BCUT2D eigenvalue weighted by Crippen LogP contribution is 2.28. The van der Waals surface area contributed by atoms with E-state index in [1.54, 1.807) is 23.5 Å². The minimum Gasteiger partial charge on any atom is -0.351 e. The van der Waals surface area contributed by atoms with Crippen LogP contribution < -0.4 is 5.32 Å². The fourth-order valence-corrected chi connectivity index (χ4v) is 3.81. The van der Waals surface area contributed by atoms with Gasteiger partial charge in [-0.2, -0.15) is 0 Å². The largest absolute Gasteiger partial charge is 0.351 e. The van der Waals surface area contributed by atoms with Crippen LogP contribution in [-0.4, -0.2) is 26.8 Å². The van der Waals surface area contributed by atoms with Crippen molar-refractivity contribution < 1.29 is 9.18 Å². The molecule has 0 bridgehead atoms. The predicted octanol–water partition coefficient (Wildman–Crippen LogP) is 3.76. The molecule has 3 aromatic rings. The van der Waals surface area contributed by atoms with E-state index in [4.69, 9.17) is 0 Å². The van der Waals surface area contributed by atoms with Gasteiger partial charge in [-0.05, 0) is 43.7 Å². The van der Waals surface area contributed by atoms with Crippen molar-refractivity contribution in [2.24, 2.45) is 0 Å². The van der Waals surface area contributed by atoms with Gasteiger partial charge in [0.1, 0.15) is 16.5 Å². The average molecular weight is 388 g/mol. The van der Waals surface area contributed by atoms with E-state index in [1.165, 1.54) is 23.9 Å². The normalized spacial score (nSPS) is 10.7. The minimum absolute atomic E-state index is 0.112. The Balaban J connectivity index is 1.50. The van der Waals surface area contributed by atoms with E-state index < -0.39 is 0 Å². The van der Waals surface area contributed by atoms with Crippen LogP contribution in [0.3, 0.4) is 0 Å². The number of hydrogen-bond acceptors (Lipinski definition) is 6. The van der Waals surface area contributed by atoms with Crippen molar-refractivity contribution in [1.29, 1.82) is 0 Å². The Morgan fingerprint density at radius 3 is 2.54 bits per heavy atom. The van der Waals surface area contributed by atoms with Crippen LogP contribution in [0.15, 0.2) is 41.4 Å². The molecule has 0 unspecified atom stereocenters. The highest BCUT2D eigenvalue weighted by atomic mass is 32.2. The van der Waals surface area contributed by atoms with E-state index in [2.05, 4.69) is 20.5 Å². The maximum absolute atomic E-state index is 12.8. The topological polar surface area (TPSA) is 67.8 Å². The summed E-state index contributed by atoms with van der Waals surface area (Å²) in [4.78, 5) is 17.3. The number of aryl methyl sites for hydroxylation is 2. The first-order valence-corrected chi connectivity index (χ1v) is 9.73. The SMILES string of the molecule is Cc1nc(C)c(-c2ccc(SCC(=O)NCc3ccc(F)cc3)nn2)s1. The number of nitrogens with one attached hydrogen (secondary N) is 1. The fraction of sp³-hybridized carbons (Fsp3) is 0.222. The molecule has 0 aliphatic carbocycles. The number of halogens is 1. The van der Waals surface area contributed by atoms with Crippen LogP contribution >= 0.6 is 23.1 Å². The maximum Gasteiger partial charge on any atom is 0.230 e. The van der Waals surface area contributed by atoms with Crippen molar-refractivity contribution in [3.8, 4) is 10.6 Å². The second-order valence-corrected chi connectivity index (χ2v) is 7.79. The van der Waals surface area contributed by atoms with Gasteiger partial charge in [-0.15, -0.1) is 21.5 Å². The van der Waals surface area contributed by atoms with Gasteiger partial charge in [0.05, 0.1) is 21.3 Å². The Labute approximate surface area is 159 Å². The first kappa shape index (κ1) is 18.5. The third-order valence-corrected chi connectivity index (χ3v) is 5.55. The highest BCUT2D eigenvalue weighted by Gasteiger charge is 2.10. The predicted molar refractivity (Wildman–Crippen MR) is 102 cm³/mol. The number of rotatable bonds is 6. The maximum atomic E-state index is 12.8. The van der Waals surface area contributed by atoms with E-state index in [-0.39, 0.29) is 17.5 Å². The standard InChI is InChI=1S/C18H17FN4OS2/c1-11-18(26-12(2)21-11)15-7-8-17(23-22-15)25-10-16(24)20-9-13-3-5-14(19)6-4-13/h3-8H,9-10H2,1-2H3,(H,20,24). The first-order valence-electron chi connectivity index (χ1n) is 7.93. The fourth-order valence-electron chi connectivity index (χ4n) is 2.28. The number of carbonyl (C=O) groups excluding carboxylic acids is 1. The quantitative estimate of drug-likeness (QED) is 0.651. The number of thiazole rings is 1. The Bertz CT molecular complexity index is 895. The smallest absolute Gasteiger partial charge is 0.230 e. The van der Waals surface area contributed by atoms with Crippen molar-refractivity contribution in [1.82, 2.24) is 20.5 Å². The summed E-state index contributed by atoms with van der Waals surface area (Å²) in [6, 6.07) is 9.80. The minimum atomic E-state index is -0.290. The number of nitrogens with zero attached hydrogens (tertiary/aromatic N) is 3. The summed E-state index contributed by atoms with van der Waals surface area (Å²) in [7, 11) is 0. The zero-order valence-corrected chi connectivity index (χ0v) is 16.0. The zero-order chi connectivity index (χ0) is 18.5. The van der Waals surface area contributed by atoms with Crippen LogP contribution in [-0.2, 0) is 11.3 Å². The molecule has 8 heteroatoms. The lowest BCUT2D eigenvalue weighted by Crippen LogP contribution is -2.24. The number of hydrogen-bond donors (Lipinski definition) is 1. The van der Waals surface area contributed by atoms with Crippen LogP contribution in [0.4, 0.5) is 4.39 Å². The van der Waals surface area contributed by atoms with Crippen molar-refractivity contribution in [3.05, 3.63) is 58.5 Å². The summed E-state index contributed by atoms with van der Waals surface area (Å²) in [6.07, 6.45) is 0. The molecule has 5 nitrogen and oxygen atoms in total. The number of benzene rings is 1. The summed E-state index contributed by atoms with van der Waals surface area (Å²) >= 11 is 2.91. The molecule has 0 radical (unpaired) electrons. The van der Waals surface area contributed by atoms with Gasteiger partial charge in [-0.1, -0.05) is 23.9 Å². The number of thioether (sulfide) groups is 1. The molecule has 0 saturated heterocycles. The van der Waals surface area contributed by atoms with E-state index in [0.29, 0.717) is 11.6 Å². The van der Waals surface area contributed by atoms with Gasteiger partial charge < -0.3 is 5.32 Å². The van der Waals surface area contributed by atoms with E-state index in [0.717, 1.165) is 26.8 Å². The summed E-state index contributed by atoms with van der Waals surface area (Å²) in [5.41, 5.74) is 2.59. The molecule has 1 amide bonds. The van der Waals surface area contributed by atoms with Gasteiger partial charge in [-0.3, -0.25) is 4.79 Å². The lowest BCUT2D eigenvalue weighted by molar-refractivity contribution is -0.118. The van der Waals surface area contributed by atoms with Gasteiger partial charge in [-0.25, -0.2) is 9.37 Å². The lowest BCUT2D eigenvalue weighted by atomic mass is 10.2. The molecular formula is C18H17FN4OS2. The molecule has 2 heterocycles. The van der Waals surface area contributed by atoms with Crippen molar-refractivity contribution in [2.45, 2.75) is 25.4 Å². The third kappa shape index (κ3) is 4.86. The van der Waals surface area contributed by atoms with Gasteiger partial charge >= 0.3 is 0 Å². The number of amides is 1. The van der Waals surface area contributed by atoms with Crippen LogP contribution in [0.1, 0.15) is 16.3 Å². The van der Waals surface area contributed by atoms with Gasteiger partial charge in [0.25, 0.3) is 0 Å². The summed E-state index contributed by atoms with van der Waals surface area (Å²) < 4.78 is 12.8. The number of aromatic nitrogens is 3. The molecule has 0 atom stereocenters. The Morgan fingerprint density at radius 2 is 1.92 bits per heavy atom. The van der Waals surface area contributed by atoms with E-state index in [1.807, 2.05) is 26.0 Å². The molecule has 134 valence electrons. The molecule has 0 fully saturated rings. The Morgan fingerprint density at radius 1 is 1.15 bits per heavy atom. The zero-order valence-electron chi connectivity index (χ0n) is 14.3. The van der Waals surface area contributed by atoms with Crippen LogP contribution in [0.2, 0.25) is 0 Å². The Hall–Kier alpha value is -2.32. The van der Waals surface area contributed by atoms with Crippen LogP contribution in [0, 0.1) is 19.7 Å². The molecule has 26 heavy (non-hydrogen) atoms. The first-order chi connectivity index (χ1) is 12.5.